The van der Waals surface area contributed by atoms with Gasteiger partial charge in [-0.2, -0.15) is 0 Å². The van der Waals surface area contributed by atoms with Crippen LogP contribution >= 0.6 is 0 Å². The van der Waals surface area contributed by atoms with Crippen molar-refractivity contribution in [3.63, 3.8) is 0 Å². The van der Waals surface area contributed by atoms with Crippen LogP contribution in [0.25, 0.3) is 0 Å². The van der Waals surface area contributed by atoms with Crippen LogP contribution in [-0.2, 0) is 11.2 Å². The average Bonchev–Trinajstić information content (AvgIpc) is 3.09. The number of rotatable bonds is 6. The summed E-state index contributed by atoms with van der Waals surface area (Å²) in [5, 5.41) is 0. The van der Waals surface area contributed by atoms with Gasteiger partial charge in [0.1, 0.15) is 11.6 Å². The zero-order chi connectivity index (χ0) is 24.1. The molecule has 0 bridgehead atoms. The second-order valence-corrected chi connectivity index (χ2v) is 9.36. The lowest BCUT2D eigenvalue weighted by Crippen LogP contribution is -2.38. The van der Waals surface area contributed by atoms with Gasteiger partial charge in [-0.15, -0.1) is 0 Å². The van der Waals surface area contributed by atoms with Crippen molar-refractivity contribution in [1.29, 1.82) is 0 Å². The van der Waals surface area contributed by atoms with Crippen LogP contribution in [0.3, 0.4) is 0 Å². The number of hydrogen-bond donors (Lipinski definition) is 0. The zero-order valence-electron chi connectivity index (χ0n) is 20.9. The lowest BCUT2D eigenvalue weighted by atomic mass is 9.95. The lowest BCUT2D eigenvalue weighted by Gasteiger charge is -2.27. The highest BCUT2D eigenvalue weighted by atomic mass is 16.2. The first-order chi connectivity index (χ1) is 16.5. The van der Waals surface area contributed by atoms with Crippen LogP contribution < -0.4 is 4.90 Å². The largest absolute Gasteiger partial charge is 0.354 e. The number of anilines is 1. The highest BCUT2D eigenvalue weighted by Gasteiger charge is 2.27. The molecular weight excluding hydrogens is 420 g/mol. The molecule has 4 rings (SSSR count). The van der Waals surface area contributed by atoms with E-state index in [1.807, 2.05) is 25.1 Å². The van der Waals surface area contributed by atoms with Crippen molar-refractivity contribution in [2.45, 2.75) is 52.9 Å². The Labute approximate surface area is 203 Å². The number of amides is 1. The molecule has 5 nitrogen and oxygen atoms in total. The van der Waals surface area contributed by atoms with Crippen molar-refractivity contribution in [1.82, 2.24) is 14.9 Å². The molecule has 0 spiro atoms. The molecular formula is C29H36N4O. The van der Waals surface area contributed by atoms with E-state index in [2.05, 4.69) is 72.0 Å². The minimum Gasteiger partial charge on any atom is -0.354 e. The summed E-state index contributed by atoms with van der Waals surface area (Å²) in [5.74, 6) is 1.99. The molecule has 1 saturated heterocycles. The van der Waals surface area contributed by atoms with E-state index in [0.29, 0.717) is 6.54 Å². The van der Waals surface area contributed by atoms with Gasteiger partial charge in [0.15, 0.2) is 0 Å². The van der Waals surface area contributed by atoms with E-state index in [9.17, 15) is 4.79 Å². The molecule has 0 saturated carbocycles. The SMILES string of the molecule is CCC(C(=O)N1CCCN(c2nc(C)nc(C)c2Cc2ccc(C)cc2)CC1)c1ccccc1. The number of benzene rings is 2. The Bertz CT molecular complexity index is 1110. The van der Waals surface area contributed by atoms with Crippen LogP contribution in [0.2, 0.25) is 0 Å². The fourth-order valence-corrected chi connectivity index (χ4v) is 4.90. The van der Waals surface area contributed by atoms with Gasteiger partial charge in [0, 0.05) is 43.9 Å². The van der Waals surface area contributed by atoms with Gasteiger partial charge < -0.3 is 9.80 Å². The number of nitrogens with zero attached hydrogens (tertiary/aromatic N) is 4. The molecule has 34 heavy (non-hydrogen) atoms. The van der Waals surface area contributed by atoms with E-state index >= 15 is 0 Å². The highest BCUT2D eigenvalue weighted by Crippen LogP contribution is 2.27. The normalized spacial score (nSPS) is 15.2. The number of aromatic nitrogens is 2. The van der Waals surface area contributed by atoms with Crippen molar-refractivity contribution >= 4 is 11.7 Å². The molecule has 1 aliphatic heterocycles. The maximum atomic E-state index is 13.5. The van der Waals surface area contributed by atoms with E-state index < -0.39 is 0 Å². The van der Waals surface area contributed by atoms with E-state index in [4.69, 9.17) is 4.98 Å². The fourth-order valence-electron chi connectivity index (χ4n) is 4.90. The molecule has 1 aliphatic rings. The molecule has 1 atom stereocenters. The zero-order valence-corrected chi connectivity index (χ0v) is 20.9. The molecule has 5 heteroatoms. The van der Waals surface area contributed by atoms with Crippen molar-refractivity contribution in [2.75, 3.05) is 31.1 Å². The molecule has 2 heterocycles. The molecule has 178 valence electrons. The number of carbonyl (C=O) groups is 1. The number of aryl methyl sites for hydroxylation is 3. The fraction of sp³-hybridized carbons (Fsp3) is 0.414. The van der Waals surface area contributed by atoms with Crippen molar-refractivity contribution < 1.29 is 4.79 Å². The smallest absolute Gasteiger partial charge is 0.230 e. The van der Waals surface area contributed by atoms with Crippen molar-refractivity contribution in [2.24, 2.45) is 0 Å². The first-order valence-electron chi connectivity index (χ1n) is 12.4. The molecule has 1 unspecified atom stereocenters. The number of carbonyl (C=O) groups excluding carboxylic acids is 1. The molecule has 1 fully saturated rings. The van der Waals surface area contributed by atoms with Crippen molar-refractivity contribution in [3.8, 4) is 0 Å². The quantitative estimate of drug-likeness (QED) is 0.510. The predicted octanol–water partition coefficient (Wildman–Crippen LogP) is 5.23. The predicted molar refractivity (Wildman–Crippen MR) is 138 cm³/mol. The molecule has 0 N–H and O–H groups in total. The number of hydrogen-bond acceptors (Lipinski definition) is 4. The molecule has 0 aliphatic carbocycles. The topological polar surface area (TPSA) is 49.3 Å². The molecule has 1 amide bonds. The molecule has 0 radical (unpaired) electrons. The Balaban J connectivity index is 1.54. The van der Waals surface area contributed by atoms with Crippen LogP contribution in [0.15, 0.2) is 54.6 Å². The van der Waals surface area contributed by atoms with Crippen LogP contribution in [0.1, 0.15) is 59.5 Å². The van der Waals surface area contributed by atoms with Gasteiger partial charge >= 0.3 is 0 Å². The minimum absolute atomic E-state index is 0.0756. The second-order valence-electron chi connectivity index (χ2n) is 9.36. The maximum Gasteiger partial charge on any atom is 0.230 e. The van der Waals surface area contributed by atoms with Gasteiger partial charge in [0.2, 0.25) is 5.91 Å². The summed E-state index contributed by atoms with van der Waals surface area (Å²) in [6, 6.07) is 18.9. The summed E-state index contributed by atoms with van der Waals surface area (Å²) in [6.07, 6.45) is 2.56. The van der Waals surface area contributed by atoms with Gasteiger partial charge in [-0.05, 0) is 44.7 Å². The molecule has 2 aromatic carbocycles. The standard InChI is InChI=1S/C29H36N4O/c1-5-26(25-10-7-6-8-11-25)29(34)33-17-9-16-32(18-19-33)28-27(22(3)30-23(4)31-28)20-24-14-12-21(2)13-15-24/h6-8,10-15,26H,5,9,16-20H2,1-4H3. The van der Waals surface area contributed by atoms with Crippen LogP contribution in [-0.4, -0.2) is 47.0 Å². The third-order valence-electron chi connectivity index (χ3n) is 6.82. The Morgan fingerprint density at radius 1 is 0.912 bits per heavy atom. The summed E-state index contributed by atoms with van der Waals surface area (Å²) in [6.45, 7) is 11.4. The highest BCUT2D eigenvalue weighted by molar-refractivity contribution is 5.83. The van der Waals surface area contributed by atoms with E-state index in [1.54, 1.807) is 0 Å². The van der Waals surface area contributed by atoms with Gasteiger partial charge in [-0.1, -0.05) is 67.1 Å². The van der Waals surface area contributed by atoms with Crippen molar-refractivity contribution in [3.05, 3.63) is 88.4 Å². The average molecular weight is 457 g/mol. The minimum atomic E-state index is -0.0756. The maximum absolute atomic E-state index is 13.5. The summed E-state index contributed by atoms with van der Waals surface area (Å²) in [7, 11) is 0. The first-order valence-corrected chi connectivity index (χ1v) is 12.4. The van der Waals surface area contributed by atoms with E-state index in [1.165, 1.54) is 16.7 Å². The van der Waals surface area contributed by atoms with Gasteiger partial charge in [-0.25, -0.2) is 9.97 Å². The van der Waals surface area contributed by atoms with Gasteiger partial charge in [0.25, 0.3) is 0 Å². The Morgan fingerprint density at radius 3 is 2.35 bits per heavy atom. The van der Waals surface area contributed by atoms with E-state index in [-0.39, 0.29) is 11.8 Å². The molecule has 1 aromatic heterocycles. The third kappa shape index (κ3) is 5.46. The van der Waals surface area contributed by atoms with Crippen LogP contribution in [0, 0.1) is 20.8 Å². The first kappa shape index (κ1) is 23.9. The molecule has 3 aromatic rings. The van der Waals surface area contributed by atoms with E-state index in [0.717, 1.165) is 61.8 Å². The Morgan fingerprint density at radius 2 is 1.65 bits per heavy atom. The Kier molecular flexibility index (Phi) is 7.61. The van der Waals surface area contributed by atoms with Crippen LogP contribution in [0.4, 0.5) is 5.82 Å². The van der Waals surface area contributed by atoms with Crippen LogP contribution in [0.5, 0.6) is 0 Å². The Hall–Kier alpha value is -3.21. The van der Waals surface area contributed by atoms with Gasteiger partial charge in [-0.3, -0.25) is 4.79 Å². The lowest BCUT2D eigenvalue weighted by molar-refractivity contribution is -0.132. The third-order valence-corrected chi connectivity index (χ3v) is 6.82. The summed E-state index contributed by atoms with van der Waals surface area (Å²) < 4.78 is 0. The summed E-state index contributed by atoms with van der Waals surface area (Å²) >= 11 is 0. The monoisotopic (exact) mass is 456 g/mol. The second kappa shape index (κ2) is 10.8. The summed E-state index contributed by atoms with van der Waals surface area (Å²) in [5.41, 5.74) is 5.86. The summed E-state index contributed by atoms with van der Waals surface area (Å²) in [4.78, 5) is 27.4. The van der Waals surface area contributed by atoms with Gasteiger partial charge in [0.05, 0.1) is 5.92 Å².